The molecule has 0 saturated heterocycles. The minimum Gasteiger partial charge on any atom is -0.0856 e. The summed E-state index contributed by atoms with van der Waals surface area (Å²) in [6.07, 6.45) is 40.3. The molecule has 0 rings (SSSR count). The van der Waals surface area contributed by atoms with E-state index in [9.17, 15) is 0 Å². The molecule has 0 spiro atoms. The van der Waals surface area contributed by atoms with Crippen LogP contribution >= 0.6 is 0 Å². The Bertz CT molecular complexity index is 967. The summed E-state index contributed by atoms with van der Waals surface area (Å²) in [5.74, 6) is 0. The predicted octanol–water partition coefficient (Wildman–Crippen LogP) is 13.4. The highest BCUT2D eigenvalue weighted by Crippen LogP contribution is 2.13. The zero-order valence-corrected chi connectivity index (χ0v) is 27.7. The molecule has 0 fully saturated rings. The lowest BCUT2D eigenvalue weighted by Gasteiger charge is -2.00. The molecular weight excluding hydrogens is 480 g/mol. The van der Waals surface area contributed by atoms with Gasteiger partial charge in [-0.1, -0.05) is 130 Å². The van der Waals surface area contributed by atoms with Gasteiger partial charge in [0.15, 0.2) is 0 Å². The molecule has 0 aromatic heterocycles. The van der Waals surface area contributed by atoms with Gasteiger partial charge >= 0.3 is 0 Å². The first-order chi connectivity index (χ1) is 19.0. The van der Waals surface area contributed by atoms with E-state index in [1.807, 2.05) is 0 Å². The first-order valence-electron chi connectivity index (χ1n) is 15.3. The van der Waals surface area contributed by atoms with Gasteiger partial charge in [0.05, 0.1) is 0 Å². The fourth-order valence-corrected chi connectivity index (χ4v) is 3.89. The maximum absolute atomic E-state index is 2.40. The van der Waals surface area contributed by atoms with Crippen molar-refractivity contribution in [1.82, 2.24) is 0 Å². The Labute approximate surface area is 249 Å². The average molecular weight is 541 g/mol. The van der Waals surface area contributed by atoms with Crippen LogP contribution in [0.25, 0.3) is 0 Å². The van der Waals surface area contributed by atoms with Gasteiger partial charge < -0.3 is 0 Å². The summed E-state index contributed by atoms with van der Waals surface area (Å²) in [5, 5.41) is 0. The van der Waals surface area contributed by atoms with Crippen molar-refractivity contribution in [2.75, 3.05) is 0 Å². The van der Waals surface area contributed by atoms with Gasteiger partial charge in [-0.25, -0.2) is 0 Å². The topological polar surface area (TPSA) is 0 Å². The Morgan fingerprint density at radius 2 is 0.675 bits per heavy atom. The zero-order valence-electron chi connectivity index (χ0n) is 27.7. The summed E-state index contributed by atoms with van der Waals surface area (Å²) in [7, 11) is 0. The molecule has 40 heavy (non-hydrogen) atoms. The molecule has 0 heterocycles. The van der Waals surface area contributed by atoms with Crippen LogP contribution in [0.1, 0.15) is 121 Å². The first-order valence-corrected chi connectivity index (χ1v) is 15.3. The van der Waals surface area contributed by atoms with E-state index in [-0.39, 0.29) is 0 Å². The Morgan fingerprint density at radius 1 is 0.350 bits per heavy atom. The van der Waals surface area contributed by atoms with E-state index in [0.29, 0.717) is 0 Å². The van der Waals surface area contributed by atoms with Crippen molar-refractivity contribution in [1.29, 1.82) is 0 Å². The third-order valence-electron chi connectivity index (χ3n) is 6.55. The summed E-state index contributed by atoms with van der Waals surface area (Å²) in [6, 6.07) is 0. The van der Waals surface area contributed by atoms with Gasteiger partial charge in [-0.3, -0.25) is 0 Å². The van der Waals surface area contributed by atoms with E-state index >= 15 is 0 Å². The Kier molecular flexibility index (Phi) is 22.3. The van der Waals surface area contributed by atoms with E-state index in [1.165, 1.54) is 57.4 Å². The molecule has 220 valence electrons. The minimum atomic E-state index is 1.12. The third kappa shape index (κ3) is 25.4. The average Bonchev–Trinajstić information content (AvgIpc) is 2.86. The summed E-state index contributed by atoms with van der Waals surface area (Å²) < 4.78 is 0. The molecule has 0 heteroatoms. The Morgan fingerprint density at radius 3 is 1.02 bits per heavy atom. The lowest BCUT2D eigenvalue weighted by atomic mass is 10.1. The van der Waals surface area contributed by atoms with Crippen LogP contribution in [-0.2, 0) is 0 Å². The van der Waals surface area contributed by atoms with Crippen molar-refractivity contribution in [2.45, 2.75) is 121 Å². The first kappa shape index (κ1) is 37.1. The van der Waals surface area contributed by atoms with Crippen LogP contribution in [0.5, 0.6) is 0 Å². The maximum Gasteiger partial charge on any atom is -0.0285 e. The quantitative estimate of drug-likeness (QED) is 0.120. The molecule has 0 bridgehead atoms. The van der Waals surface area contributed by atoms with Crippen molar-refractivity contribution >= 4 is 0 Å². The van der Waals surface area contributed by atoms with Gasteiger partial charge in [-0.2, -0.15) is 0 Å². The van der Waals surface area contributed by atoms with Gasteiger partial charge in [0.25, 0.3) is 0 Å². The Balaban J connectivity index is 4.51. The second-order valence-corrected chi connectivity index (χ2v) is 11.8. The van der Waals surface area contributed by atoms with Crippen molar-refractivity contribution in [2.24, 2.45) is 0 Å². The second kappa shape index (κ2) is 24.0. The van der Waals surface area contributed by atoms with E-state index in [2.05, 4.69) is 154 Å². The summed E-state index contributed by atoms with van der Waals surface area (Å²) in [4.78, 5) is 0. The van der Waals surface area contributed by atoms with Crippen molar-refractivity contribution in [3.8, 4) is 0 Å². The molecular formula is C40H60. The standard InChI is InChI=1S/C40H60/c1-33(2)19-13-23-37(7)27-17-31-39(9)29-15-25-35(5)21-11-12-22-36(6)26-16-30-40(10)32-18-28-38(8)24-14-20-34(3)4/h11-12,15-16,19-22,25-30H,13-14,17-18,23-24,31-32H2,1-10H3/b12-11-,25-15+,26-16+,35-21+,36-22+,37-27+,38-28+,39-29+,40-30+. The third-order valence-corrected chi connectivity index (χ3v) is 6.55. The molecule has 0 aliphatic carbocycles. The molecule has 0 atom stereocenters. The molecule has 0 saturated carbocycles. The van der Waals surface area contributed by atoms with Crippen LogP contribution in [0.2, 0.25) is 0 Å². The summed E-state index contributed by atoms with van der Waals surface area (Å²) >= 11 is 0. The van der Waals surface area contributed by atoms with E-state index < -0.39 is 0 Å². The highest BCUT2D eigenvalue weighted by Gasteiger charge is 1.92. The minimum absolute atomic E-state index is 1.12. The Hall–Kier alpha value is -2.86. The number of hydrogen-bond acceptors (Lipinski definition) is 0. The van der Waals surface area contributed by atoms with Gasteiger partial charge in [0.1, 0.15) is 0 Å². The molecule has 0 N–H and O–H groups in total. The maximum atomic E-state index is 2.40. The van der Waals surface area contributed by atoms with Crippen molar-refractivity contribution in [3.63, 3.8) is 0 Å². The van der Waals surface area contributed by atoms with E-state index in [1.54, 1.807) is 0 Å². The summed E-state index contributed by atoms with van der Waals surface area (Å²) in [6.45, 7) is 21.9. The number of allylic oxidation sites excluding steroid dienone is 22. The fourth-order valence-electron chi connectivity index (χ4n) is 3.89. The largest absolute Gasteiger partial charge is 0.0856 e. The number of hydrogen-bond donors (Lipinski definition) is 0. The van der Waals surface area contributed by atoms with Crippen LogP contribution < -0.4 is 0 Å². The predicted molar refractivity (Wildman–Crippen MR) is 186 cm³/mol. The smallest absolute Gasteiger partial charge is 0.0285 e. The number of rotatable bonds is 18. The van der Waals surface area contributed by atoms with Crippen LogP contribution in [0.3, 0.4) is 0 Å². The second-order valence-electron chi connectivity index (χ2n) is 11.8. The van der Waals surface area contributed by atoms with Crippen LogP contribution in [-0.4, -0.2) is 0 Å². The van der Waals surface area contributed by atoms with Crippen LogP contribution in [0, 0.1) is 0 Å². The fraction of sp³-hybridized carbons (Fsp3) is 0.450. The van der Waals surface area contributed by atoms with Crippen molar-refractivity contribution in [3.05, 3.63) is 130 Å². The molecule has 0 aliphatic rings. The monoisotopic (exact) mass is 540 g/mol. The highest BCUT2D eigenvalue weighted by molar-refractivity contribution is 5.30. The lowest BCUT2D eigenvalue weighted by molar-refractivity contribution is 0.918. The molecule has 0 unspecified atom stereocenters. The molecule has 0 amide bonds. The normalized spacial score (nSPS) is 14.7. The van der Waals surface area contributed by atoms with Gasteiger partial charge in [0.2, 0.25) is 0 Å². The zero-order chi connectivity index (χ0) is 30.2. The lowest BCUT2D eigenvalue weighted by Crippen LogP contribution is -1.80. The van der Waals surface area contributed by atoms with E-state index in [0.717, 1.165) is 38.5 Å². The molecule has 0 aliphatic heterocycles. The van der Waals surface area contributed by atoms with Gasteiger partial charge in [0, 0.05) is 0 Å². The molecule has 0 radical (unpaired) electrons. The summed E-state index contributed by atoms with van der Waals surface area (Å²) in [5.41, 5.74) is 11.1. The SMILES string of the molecule is CC(C)=CCC/C(C)=C/CC/C(C)=C/C=C/C(C)=C/C=C\C=C(C)\C=C\C=C(/C)CC/C=C(\C)CCC=C(C)C. The van der Waals surface area contributed by atoms with Crippen LogP contribution in [0.15, 0.2) is 130 Å². The van der Waals surface area contributed by atoms with E-state index in [4.69, 9.17) is 0 Å². The molecule has 0 aromatic carbocycles. The van der Waals surface area contributed by atoms with Crippen molar-refractivity contribution < 1.29 is 0 Å². The molecule has 0 nitrogen and oxygen atoms in total. The highest BCUT2D eigenvalue weighted by atomic mass is 14.0. The van der Waals surface area contributed by atoms with Gasteiger partial charge in [-0.05, 0) is 121 Å². The molecule has 0 aromatic rings. The van der Waals surface area contributed by atoms with Crippen LogP contribution in [0.4, 0.5) is 0 Å². The van der Waals surface area contributed by atoms with Gasteiger partial charge in [-0.15, -0.1) is 0 Å².